The first kappa shape index (κ1) is 18.0. The fourth-order valence-electron chi connectivity index (χ4n) is 2.23. The molecule has 0 aliphatic carbocycles. The van der Waals surface area contributed by atoms with Crippen molar-refractivity contribution in [3.05, 3.63) is 63.5 Å². The highest BCUT2D eigenvalue weighted by molar-refractivity contribution is 9.10. The normalized spacial score (nSPS) is 15.8. The average molecular weight is 435 g/mol. The van der Waals surface area contributed by atoms with Gasteiger partial charge in [-0.05, 0) is 48.0 Å². The number of benzene rings is 2. The molecule has 7 heteroatoms. The molecule has 1 saturated heterocycles. The number of nitrogens with one attached hydrogen (secondary N) is 1. The molecular weight excluding hydrogens is 420 g/mol. The van der Waals surface area contributed by atoms with Crippen LogP contribution in [0.5, 0.6) is 5.75 Å². The number of hydrogen-bond acceptors (Lipinski definition) is 5. The van der Waals surface area contributed by atoms with Gasteiger partial charge in [-0.1, -0.05) is 52.0 Å². The molecule has 1 aliphatic heterocycles. The molecule has 4 nitrogen and oxygen atoms in total. The van der Waals surface area contributed by atoms with Crippen molar-refractivity contribution in [2.45, 2.75) is 0 Å². The van der Waals surface area contributed by atoms with E-state index >= 15 is 0 Å². The summed E-state index contributed by atoms with van der Waals surface area (Å²) in [6, 6.07) is 15.3. The van der Waals surface area contributed by atoms with Gasteiger partial charge in [0.25, 0.3) is 5.91 Å². The third-order valence-corrected chi connectivity index (χ3v) is 5.48. The van der Waals surface area contributed by atoms with Crippen molar-refractivity contribution in [3.8, 4) is 5.75 Å². The van der Waals surface area contributed by atoms with Crippen LogP contribution in [-0.2, 0) is 4.79 Å². The van der Waals surface area contributed by atoms with E-state index in [0.717, 1.165) is 21.5 Å². The number of halogens is 1. The number of carbonyl (C=O) groups is 1. The monoisotopic (exact) mass is 434 g/mol. The highest BCUT2D eigenvalue weighted by Gasteiger charge is 2.31. The highest BCUT2D eigenvalue weighted by Crippen LogP contribution is 2.32. The van der Waals surface area contributed by atoms with Gasteiger partial charge in [0.1, 0.15) is 10.1 Å². The third kappa shape index (κ3) is 4.42. The molecule has 2 aromatic rings. The third-order valence-electron chi connectivity index (χ3n) is 3.57. The summed E-state index contributed by atoms with van der Waals surface area (Å²) in [6.07, 6.45) is 1.85. The van der Waals surface area contributed by atoms with E-state index in [2.05, 4.69) is 21.2 Å². The predicted molar refractivity (Wildman–Crippen MR) is 111 cm³/mol. The van der Waals surface area contributed by atoms with Crippen molar-refractivity contribution in [2.75, 3.05) is 19.1 Å². The minimum atomic E-state index is -0.0876. The standard InChI is InChI=1S/C18H15BrN2O2S2/c1-23-15-8-2-12(3-9-15)10-16-17(22)21(18(24)25-16)11-20-14-6-4-13(19)5-7-14/h2-10,20H,11H2,1H3/b16-10-. The van der Waals surface area contributed by atoms with Crippen LogP contribution in [0.4, 0.5) is 5.69 Å². The van der Waals surface area contributed by atoms with Gasteiger partial charge in [-0.15, -0.1) is 0 Å². The molecule has 0 aromatic heterocycles. The van der Waals surface area contributed by atoms with Gasteiger partial charge in [-0.25, -0.2) is 0 Å². The van der Waals surface area contributed by atoms with Crippen LogP contribution in [0.25, 0.3) is 6.08 Å². The SMILES string of the molecule is COc1ccc(/C=C2\SC(=S)N(CNc3ccc(Br)cc3)C2=O)cc1. The number of ether oxygens (including phenoxy) is 1. The fourth-order valence-corrected chi connectivity index (χ4v) is 3.75. The van der Waals surface area contributed by atoms with Gasteiger partial charge in [0.15, 0.2) is 0 Å². The Labute approximate surface area is 164 Å². The number of hydrogen-bond donors (Lipinski definition) is 1. The lowest BCUT2D eigenvalue weighted by atomic mass is 10.2. The molecule has 0 radical (unpaired) electrons. The van der Waals surface area contributed by atoms with Crippen LogP contribution < -0.4 is 10.1 Å². The maximum absolute atomic E-state index is 12.6. The molecule has 0 unspecified atom stereocenters. The quantitative estimate of drug-likeness (QED) is 0.544. The van der Waals surface area contributed by atoms with E-state index in [1.165, 1.54) is 11.8 Å². The summed E-state index contributed by atoms with van der Waals surface area (Å²) in [5, 5.41) is 3.21. The van der Waals surface area contributed by atoms with Crippen LogP contribution in [0.2, 0.25) is 0 Å². The molecule has 1 N–H and O–H groups in total. The van der Waals surface area contributed by atoms with Crippen molar-refractivity contribution >= 4 is 61.9 Å². The fraction of sp³-hybridized carbons (Fsp3) is 0.111. The Morgan fingerprint density at radius 1 is 1.20 bits per heavy atom. The Bertz CT molecular complexity index is 820. The van der Waals surface area contributed by atoms with E-state index in [1.807, 2.05) is 54.6 Å². The summed E-state index contributed by atoms with van der Waals surface area (Å²) in [5.74, 6) is 0.693. The lowest BCUT2D eigenvalue weighted by molar-refractivity contribution is -0.121. The van der Waals surface area contributed by atoms with Gasteiger partial charge in [-0.2, -0.15) is 0 Å². The lowest BCUT2D eigenvalue weighted by Crippen LogP contribution is -2.33. The Hall–Kier alpha value is -1.83. The van der Waals surface area contributed by atoms with Crippen LogP contribution in [-0.4, -0.2) is 28.9 Å². The second-order valence-corrected chi connectivity index (χ2v) is 7.82. The smallest absolute Gasteiger partial charge is 0.267 e. The molecule has 128 valence electrons. The van der Waals surface area contributed by atoms with Crippen LogP contribution in [0, 0.1) is 0 Å². The van der Waals surface area contributed by atoms with E-state index in [-0.39, 0.29) is 5.91 Å². The van der Waals surface area contributed by atoms with Crippen LogP contribution >= 0.6 is 39.9 Å². The highest BCUT2D eigenvalue weighted by atomic mass is 79.9. The first-order chi connectivity index (χ1) is 12.1. The topological polar surface area (TPSA) is 41.6 Å². The largest absolute Gasteiger partial charge is 0.497 e. The Balaban J connectivity index is 1.68. The van der Waals surface area contributed by atoms with E-state index in [4.69, 9.17) is 17.0 Å². The number of thioether (sulfide) groups is 1. The van der Waals surface area contributed by atoms with Crippen LogP contribution in [0.3, 0.4) is 0 Å². The Kier molecular flexibility index (Phi) is 5.78. The summed E-state index contributed by atoms with van der Waals surface area (Å²) in [6.45, 7) is 0.340. The average Bonchev–Trinajstić information content (AvgIpc) is 2.89. The number of nitrogens with zero attached hydrogens (tertiary/aromatic N) is 1. The van der Waals surface area contributed by atoms with Crippen LogP contribution in [0.15, 0.2) is 57.9 Å². The van der Waals surface area contributed by atoms with E-state index in [0.29, 0.717) is 15.9 Å². The molecule has 0 saturated carbocycles. The van der Waals surface area contributed by atoms with Crippen molar-refractivity contribution < 1.29 is 9.53 Å². The molecule has 25 heavy (non-hydrogen) atoms. The molecule has 0 spiro atoms. The summed E-state index contributed by atoms with van der Waals surface area (Å²) < 4.78 is 6.70. The predicted octanol–water partition coefficient (Wildman–Crippen LogP) is 4.73. The zero-order chi connectivity index (χ0) is 17.8. The van der Waals surface area contributed by atoms with Gasteiger partial charge in [0.2, 0.25) is 0 Å². The maximum atomic E-state index is 12.6. The zero-order valence-corrected chi connectivity index (χ0v) is 16.6. The number of rotatable bonds is 5. The number of amides is 1. The summed E-state index contributed by atoms with van der Waals surface area (Å²) >= 11 is 10.1. The lowest BCUT2D eigenvalue weighted by Gasteiger charge is -2.16. The zero-order valence-electron chi connectivity index (χ0n) is 13.4. The molecule has 1 amide bonds. The van der Waals surface area contributed by atoms with E-state index < -0.39 is 0 Å². The first-order valence-corrected chi connectivity index (χ1v) is 9.47. The van der Waals surface area contributed by atoms with E-state index in [1.54, 1.807) is 12.0 Å². The molecule has 1 fully saturated rings. The molecule has 2 aromatic carbocycles. The van der Waals surface area contributed by atoms with Crippen molar-refractivity contribution in [1.29, 1.82) is 0 Å². The Morgan fingerprint density at radius 3 is 2.52 bits per heavy atom. The van der Waals surface area contributed by atoms with Gasteiger partial charge in [0, 0.05) is 10.2 Å². The van der Waals surface area contributed by atoms with Gasteiger partial charge >= 0.3 is 0 Å². The molecule has 0 bridgehead atoms. The minimum Gasteiger partial charge on any atom is -0.497 e. The van der Waals surface area contributed by atoms with E-state index in [9.17, 15) is 4.79 Å². The molecule has 3 rings (SSSR count). The Morgan fingerprint density at radius 2 is 1.88 bits per heavy atom. The number of carbonyl (C=O) groups excluding carboxylic acids is 1. The summed E-state index contributed by atoms with van der Waals surface area (Å²) in [7, 11) is 1.62. The molecule has 1 aliphatic rings. The van der Waals surface area contributed by atoms with Gasteiger partial charge < -0.3 is 10.1 Å². The molecule has 1 heterocycles. The molecule has 0 atom stereocenters. The maximum Gasteiger partial charge on any atom is 0.267 e. The number of methoxy groups -OCH3 is 1. The number of thiocarbonyl (C=S) groups is 1. The second-order valence-electron chi connectivity index (χ2n) is 5.22. The van der Waals surface area contributed by atoms with Crippen molar-refractivity contribution in [2.24, 2.45) is 0 Å². The molecular formula is C18H15BrN2O2S2. The van der Waals surface area contributed by atoms with Crippen molar-refractivity contribution in [1.82, 2.24) is 4.90 Å². The summed E-state index contributed by atoms with van der Waals surface area (Å²) in [4.78, 5) is 14.8. The number of anilines is 1. The first-order valence-electron chi connectivity index (χ1n) is 7.45. The second kappa shape index (κ2) is 8.03. The minimum absolute atomic E-state index is 0.0876. The van der Waals surface area contributed by atoms with Gasteiger partial charge in [0.05, 0.1) is 18.7 Å². The van der Waals surface area contributed by atoms with Crippen molar-refractivity contribution in [3.63, 3.8) is 0 Å². The van der Waals surface area contributed by atoms with Gasteiger partial charge in [-0.3, -0.25) is 9.69 Å². The summed E-state index contributed by atoms with van der Waals surface area (Å²) in [5.41, 5.74) is 1.86. The van der Waals surface area contributed by atoms with Crippen LogP contribution in [0.1, 0.15) is 5.56 Å².